The fraction of sp³-hybridized carbons (Fsp3) is 0.387. The molecule has 2 aromatic carbocycles. The predicted octanol–water partition coefficient (Wildman–Crippen LogP) is 4.65. The molecule has 236 valence electrons. The van der Waals surface area contributed by atoms with Crippen molar-refractivity contribution in [3.63, 3.8) is 0 Å². The van der Waals surface area contributed by atoms with Crippen LogP contribution in [0.25, 0.3) is 0 Å². The van der Waals surface area contributed by atoms with E-state index in [0.717, 1.165) is 11.1 Å². The van der Waals surface area contributed by atoms with Gasteiger partial charge in [-0.05, 0) is 11.1 Å². The van der Waals surface area contributed by atoms with Gasteiger partial charge in [0.15, 0.2) is 12.2 Å². The summed E-state index contributed by atoms with van der Waals surface area (Å²) in [4.78, 5) is 28.6. The van der Waals surface area contributed by atoms with E-state index in [4.69, 9.17) is 37.9 Å². The van der Waals surface area contributed by atoms with Crippen LogP contribution < -0.4 is 0 Å². The van der Waals surface area contributed by atoms with Gasteiger partial charge in [0.25, 0.3) is 0 Å². The SMILES string of the molecule is COC(OC)(OC)c1cnc([C@H](Cc2ccccc2)OC(=O)O[C@@H](Cc2ccccc2)c2ncc(C(OC)(OC)OC)[nH]2)[nH]1. The van der Waals surface area contributed by atoms with Crippen LogP contribution in [0.15, 0.2) is 73.1 Å². The molecule has 2 aromatic heterocycles. The van der Waals surface area contributed by atoms with Crippen LogP contribution >= 0.6 is 0 Å². The molecule has 0 fully saturated rings. The summed E-state index contributed by atoms with van der Waals surface area (Å²) < 4.78 is 44.4. The highest BCUT2D eigenvalue weighted by atomic mass is 16.9. The third kappa shape index (κ3) is 7.33. The molecule has 0 amide bonds. The van der Waals surface area contributed by atoms with Gasteiger partial charge in [0, 0.05) is 55.5 Å². The average molecular weight is 611 g/mol. The minimum Gasteiger partial charge on any atom is -0.422 e. The van der Waals surface area contributed by atoms with Crippen molar-refractivity contribution in [2.75, 3.05) is 42.7 Å². The number of ether oxygens (including phenoxy) is 8. The Hall–Kier alpha value is -4.11. The zero-order chi connectivity index (χ0) is 31.6. The zero-order valence-electron chi connectivity index (χ0n) is 25.6. The summed E-state index contributed by atoms with van der Waals surface area (Å²) in [6, 6.07) is 19.1. The first-order valence-corrected chi connectivity index (χ1v) is 13.7. The van der Waals surface area contributed by atoms with E-state index in [0.29, 0.717) is 35.9 Å². The van der Waals surface area contributed by atoms with Crippen molar-refractivity contribution in [2.45, 2.75) is 37.0 Å². The second-order valence-electron chi connectivity index (χ2n) is 9.54. The molecule has 4 rings (SSSR count). The van der Waals surface area contributed by atoms with E-state index in [2.05, 4.69) is 19.9 Å². The van der Waals surface area contributed by atoms with E-state index >= 15 is 0 Å². The number of aromatic amines is 2. The first-order valence-electron chi connectivity index (χ1n) is 13.7. The number of benzene rings is 2. The quantitative estimate of drug-likeness (QED) is 0.135. The minimum absolute atomic E-state index is 0.301. The Kier molecular flexibility index (Phi) is 11.2. The number of nitrogens with one attached hydrogen (secondary N) is 2. The van der Waals surface area contributed by atoms with E-state index in [1.165, 1.54) is 55.1 Å². The van der Waals surface area contributed by atoms with Gasteiger partial charge >= 0.3 is 18.1 Å². The topological polar surface area (TPSA) is 148 Å². The second kappa shape index (κ2) is 15.1. The molecule has 0 aliphatic heterocycles. The Morgan fingerprint density at radius 3 is 1.27 bits per heavy atom. The van der Waals surface area contributed by atoms with Crippen LogP contribution in [0.2, 0.25) is 0 Å². The summed E-state index contributed by atoms with van der Waals surface area (Å²) in [5, 5.41) is 0. The number of hydrogen-bond donors (Lipinski definition) is 2. The van der Waals surface area contributed by atoms with Gasteiger partial charge in [-0.25, -0.2) is 14.8 Å². The molecule has 0 saturated heterocycles. The molecule has 0 bridgehead atoms. The Balaban J connectivity index is 1.62. The molecule has 13 heteroatoms. The van der Waals surface area contributed by atoms with Crippen LogP contribution in [0.4, 0.5) is 4.79 Å². The smallest absolute Gasteiger partial charge is 0.422 e. The van der Waals surface area contributed by atoms with E-state index in [1.807, 2.05) is 60.7 Å². The van der Waals surface area contributed by atoms with Gasteiger partial charge in [-0.2, -0.15) is 0 Å². The van der Waals surface area contributed by atoms with E-state index < -0.39 is 30.3 Å². The summed E-state index contributed by atoms with van der Waals surface area (Å²) in [7, 11) is 8.62. The molecular formula is C31H38N4O9. The monoisotopic (exact) mass is 610 g/mol. The van der Waals surface area contributed by atoms with Crippen molar-refractivity contribution >= 4 is 6.16 Å². The number of H-pyrrole nitrogens is 2. The number of carbonyl (C=O) groups excluding carboxylic acids is 1. The minimum atomic E-state index is -1.53. The lowest BCUT2D eigenvalue weighted by Gasteiger charge is -2.27. The van der Waals surface area contributed by atoms with Crippen LogP contribution in [0.5, 0.6) is 0 Å². The maximum absolute atomic E-state index is 13.5. The highest BCUT2D eigenvalue weighted by molar-refractivity contribution is 5.60. The number of rotatable bonds is 16. The van der Waals surface area contributed by atoms with Crippen LogP contribution in [0.1, 0.15) is 46.4 Å². The average Bonchev–Trinajstić information content (AvgIpc) is 3.76. The lowest BCUT2D eigenvalue weighted by molar-refractivity contribution is -0.366. The van der Waals surface area contributed by atoms with Gasteiger partial charge in [0.1, 0.15) is 23.0 Å². The summed E-state index contributed by atoms with van der Waals surface area (Å²) in [5.41, 5.74) is 2.56. The van der Waals surface area contributed by atoms with Crippen molar-refractivity contribution < 1.29 is 42.7 Å². The van der Waals surface area contributed by atoms with Gasteiger partial charge in [0.2, 0.25) is 0 Å². The lowest BCUT2D eigenvalue weighted by atomic mass is 10.1. The Labute approximate surface area is 255 Å². The van der Waals surface area contributed by atoms with Crippen LogP contribution in [0, 0.1) is 0 Å². The summed E-state index contributed by atoms with van der Waals surface area (Å²) in [5.74, 6) is -2.38. The standard InChI is InChI=1S/C31H38N4O9/c1-37-30(38-2,39-3)25-19-32-27(34-25)23(17-21-13-9-7-10-14-21)43-29(36)44-24(18-22-15-11-8-12-16-22)28-33-20-26(35-28)31(40-4,41-5)42-6/h7-16,19-20,23-24H,17-18H2,1-6H3,(H,32,34)(H,33,35)/t23-,24-/m0/s1. The fourth-order valence-electron chi connectivity index (χ4n) is 4.78. The predicted molar refractivity (Wildman–Crippen MR) is 156 cm³/mol. The first kappa shape index (κ1) is 32.8. The summed E-state index contributed by atoms with van der Waals surface area (Å²) in [6.45, 7) is 0. The largest absolute Gasteiger partial charge is 0.509 e. The van der Waals surface area contributed by atoms with Crippen LogP contribution in [-0.4, -0.2) is 68.8 Å². The Bertz CT molecular complexity index is 1310. The molecule has 0 radical (unpaired) electrons. The summed E-state index contributed by atoms with van der Waals surface area (Å²) in [6.07, 6.45) is 0.924. The molecule has 2 N–H and O–H groups in total. The molecule has 0 aliphatic carbocycles. The van der Waals surface area contributed by atoms with Crippen molar-refractivity contribution in [1.82, 2.24) is 19.9 Å². The molecule has 0 spiro atoms. The van der Waals surface area contributed by atoms with Crippen molar-refractivity contribution in [3.8, 4) is 0 Å². The Morgan fingerprint density at radius 1 is 0.614 bits per heavy atom. The molecule has 0 saturated carbocycles. The van der Waals surface area contributed by atoms with Crippen molar-refractivity contribution in [1.29, 1.82) is 0 Å². The molecule has 13 nitrogen and oxygen atoms in total. The zero-order valence-corrected chi connectivity index (χ0v) is 25.6. The normalized spacial score (nSPS) is 13.4. The molecule has 44 heavy (non-hydrogen) atoms. The van der Waals surface area contributed by atoms with Gasteiger partial charge < -0.3 is 47.9 Å². The third-order valence-electron chi connectivity index (χ3n) is 7.08. The highest BCUT2D eigenvalue weighted by Crippen LogP contribution is 2.31. The lowest BCUT2D eigenvalue weighted by Crippen LogP contribution is -2.33. The van der Waals surface area contributed by atoms with E-state index in [-0.39, 0.29) is 0 Å². The third-order valence-corrected chi connectivity index (χ3v) is 7.08. The molecule has 2 heterocycles. The van der Waals surface area contributed by atoms with E-state index in [9.17, 15) is 4.79 Å². The highest BCUT2D eigenvalue weighted by Gasteiger charge is 2.38. The number of hydrogen-bond acceptors (Lipinski definition) is 11. The van der Waals surface area contributed by atoms with Gasteiger partial charge in [-0.3, -0.25) is 0 Å². The molecule has 0 unspecified atom stereocenters. The fourth-order valence-corrected chi connectivity index (χ4v) is 4.78. The molecule has 0 aliphatic rings. The van der Waals surface area contributed by atoms with Crippen LogP contribution in [0.3, 0.4) is 0 Å². The van der Waals surface area contributed by atoms with Crippen LogP contribution in [-0.2, 0) is 62.7 Å². The maximum atomic E-state index is 13.5. The number of methoxy groups -OCH3 is 6. The maximum Gasteiger partial charge on any atom is 0.509 e. The van der Waals surface area contributed by atoms with Gasteiger partial charge in [-0.15, -0.1) is 0 Å². The molecule has 2 atom stereocenters. The number of aromatic nitrogens is 4. The molecule has 4 aromatic rings. The second-order valence-corrected chi connectivity index (χ2v) is 9.54. The van der Waals surface area contributed by atoms with Crippen molar-refractivity contribution in [3.05, 3.63) is 107 Å². The van der Waals surface area contributed by atoms with Crippen molar-refractivity contribution in [2.24, 2.45) is 0 Å². The number of nitrogens with zero attached hydrogens (tertiary/aromatic N) is 2. The van der Waals surface area contributed by atoms with Gasteiger partial charge in [-0.1, -0.05) is 60.7 Å². The number of carbonyl (C=O) groups is 1. The van der Waals surface area contributed by atoms with Gasteiger partial charge in [0.05, 0.1) is 12.4 Å². The Morgan fingerprint density at radius 2 is 0.955 bits per heavy atom. The first-order chi connectivity index (χ1) is 21.4. The number of imidazole rings is 2. The molecular weight excluding hydrogens is 572 g/mol. The summed E-state index contributed by atoms with van der Waals surface area (Å²) >= 11 is 0. The van der Waals surface area contributed by atoms with E-state index in [1.54, 1.807) is 0 Å².